The third kappa shape index (κ3) is 2.35. The number of nitrogens with zero attached hydrogens (tertiary/aromatic N) is 2. The molecule has 1 amide bonds. The molecule has 0 spiro atoms. The Morgan fingerprint density at radius 1 is 1.56 bits per heavy atom. The largest absolute Gasteiger partial charge is 0.353 e. The summed E-state index contributed by atoms with van der Waals surface area (Å²) in [6, 6.07) is 4.41. The number of rotatable bonds is 3. The zero-order valence-corrected chi connectivity index (χ0v) is 11.5. The molecule has 1 aliphatic heterocycles. The third-order valence-electron chi connectivity index (χ3n) is 3.69. The van der Waals surface area contributed by atoms with Crippen molar-refractivity contribution >= 4 is 5.91 Å². The fraction of sp³-hybridized carbons (Fsp3) is 0.533. The Balaban J connectivity index is 2.21. The van der Waals surface area contributed by atoms with Gasteiger partial charge in [0.05, 0.1) is 6.04 Å². The van der Waals surface area contributed by atoms with E-state index in [1.165, 1.54) is 5.69 Å². The highest BCUT2D eigenvalue weighted by molar-refractivity contribution is 5.93. The Hall–Kier alpha value is -1.51. The Labute approximate surface area is 109 Å². The van der Waals surface area contributed by atoms with Gasteiger partial charge in [-0.2, -0.15) is 0 Å². The number of carbonyl (C=O) groups is 1. The van der Waals surface area contributed by atoms with Crippen LogP contribution in [0.15, 0.2) is 30.0 Å². The lowest BCUT2D eigenvalue weighted by Crippen LogP contribution is -2.31. The van der Waals surface area contributed by atoms with E-state index in [1.54, 1.807) is 0 Å². The quantitative estimate of drug-likeness (QED) is 0.752. The van der Waals surface area contributed by atoms with Gasteiger partial charge in [0.25, 0.3) is 0 Å². The summed E-state index contributed by atoms with van der Waals surface area (Å²) < 4.78 is 2.12. The van der Waals surface area contributed by atoms with Gasteiger partial charge in [-0.15, -0.1) is 0 Å². The molecule has 0 bridgehead atoms. The first kappa shape index (κ1) is 12.9. The van der Waals surface area contributed by atoms with Gasteiger partial charge in [0.1, 0.15) is 0 Å². The number of aromatic nitrogens is 1. The highest BCUT2D eigenvalue weighted by Gasteiger charge is 2.31. The van der Waals surface area contributed by atoms with Gasteiger partial charge in [0.15, 0.2) is 0 Å². The average molecular weight is 246 g/mol. The van der Waals surface area contributed by atoms with Crippen LogP contribution >= 0.6 is 0 Å². The lowest BCUT2D eigenvalue weighted by molar-refractivity contribution is -0.128. The van der Waals surface area contributed by atoms with E-state index in [2.05, 4.69) is 17.6 Å². The van der Waals surface area contributed by atoms with Crippen molar-refractivity contribution < 1.29 is 4.79 Å². The summed E-state index contributed by atoms with van der Waals surface area (Å²) in [6.45, 7) is 4.87. The molecule has 3 heteroatoms. The summed E-state index contributed by atoms with van der Waals surface area (Å²) in [6.07, 6.45) is 7.15. The molecular formula is C15H22N2O. The van der Waals surface area contributed by atoms with E-state index in [0.717, 1.165) is 31.4 Å². The van der Waals surface area contributed by atoms with Crippen molar-refractivity contribution in [2.45, 2.75) is 39.2 Å². The van der Waals surface area contributed by atoms with E-state index in [1.807, 2.05) is 37.2 Å². The summed E-state index contributed by atoms with van der Waals surface area (Å²) in [7, 11) is 2.05. The molecule has 0 unspecified atom stereocenters. The zero-order chi connectivity index (χ0) is 13.1. The molecule has 2 rings (SSSR count). The number of aryl methyl sites for hydroxylation is 1. The van der Waals surface area contributed by atoms with Crippen molar-refractivity contribution in [2.24, 2.45) is 7.05 Å². The van der Waals surface area contributed by atoms with Crippen LogP contribution in [-0.2, 0) is 11.8 Å². The molecule has 1 aromatic rings. The van der Waals surface area contributed by atoms with E-state index in [4.69, 9.17) is 0 Å². The van der Waals surface area contributed by atoms with Crippen LogP contribution < -0.4 is 0 Å². The molecule has 0 saturated carbocycles. The van der Waals surface area contributed by atoms with Gasteiger partial charge in [-0.1, -0.05) is 13.0 Å². The summed E-state index contributed by atoms with van der Waals surface area (Å²) in [5.74, 6) is 0.195. The molecule has 0 aliphatic carbocycles. The van der Waals surface area contributed by atoms with E-state index in [0.29, 0.717) is 0 Å². The highest BCUT2D eigenvalue weighted by atomic mass is 16.2. The van der Waals surface area contributed by atoms with Crippen molar-refractivity contribution in [3.63, 3.8) is 0 Å². The summed E-state index contributed by atoms with van der Waals surface area (Å²) in [4.78, 5) is 14.4. The number of carbonyl (C=O) groups excluding carboxylic acids is 1. The molecule has 2 heterocycles. The Morgan fingerprint density at radius 3 is 2.94 bits per heavy atom. The molecular weight excluding hydrogens is 224 g/mol. The molecule has 18 heavy (non-hydrogen) atoms. The Bertz CT molecular complexity index is 459. The number of hydrogen-bond donors (Lipinski definition) is 0. The lowest BCUT2D eigenvalue weighted by Gasteiger charge is -2.25. The van der Waals surface area contributed by atoms with Crippen molar-refractivity contribution in [3.8, 4) is 0 Å². The van der Waals surface area contributed by atoms with Gasteiger partial charge in [0, 0.05) is 31.1 Å². The second kappa shape index (κ2) is 5.42. The number of amides is 1. The third-order valence-corrected chi connectivity index (χ3v) is 3.69. The maximum Gasteiger partial charge on any atom is 0.249 e. The summed E-state index contributed by atoms with van der Waals surface area (Å²) >= 11 is 0. The first-order chi connectivity index (χ1) is 8.65. The predicted octanol–water partition coefficient (Wildman–Crippen LogP) is 3.04. The van der Waals surface area contributed by atoms with Gasteiger partial charge in [-0.05, 0) is 38.3 Å². The van der Waals surface area contributed by atoms with Crippen molar-refractivity contribution in [1.29, 1.82) is 0 Å². The van der Waals surface area contributed by atoms with Crippen LogP contribution in [0.1, 0.15) is 44.8 Å². The van der Waals surface area contributed by atoms with Gasteiger partial charge in [0.2, 0.25) is 5.91 Å². The monoisotopic (exact) mass is 246 g/mol. The molecule has 1 aliphatic rings. The second-order valence-electron chi connectivity index (χ2n) is 5.00. The molecule has 1 aromatic heterocycles. The minimum absolute atomic E-state index is 0.195. The summed E-state index contributed by atoms with van der Waals surface area (Å²) in [5.41, 5.74) is 2.11. The number of likely N-dealkylation sites (tertiary alicyclic amines) is 1. The van der Waals surface area contributed by atoms with Crippen molar-refractivity contribution in [1.82, 2.24) is 9.47 Å². The fourth-order valence-electron chi connectivity index (χ4n) is 2.76. The van der Waals surface area contributed by atoms with Crippen LogP contribution in [-0.4, -0.2) is 21.9 Å². The van der Waals surface area contributed by atoms with Gasteiger partial charge < -0.3 is 9.47 Å². The normalized spacial score (nSPS) is 20.5. The van der Waals surface area contributed by atoms with E-state index < -0.39 is 0 Å². The van der Waals surface area contributed by atoms with Crippen molar-refractivity contribution in [3.05, 3.63) is 35.7 Å². The molecule has 0 N–H and O–H groups in total. The zero-order valence-electron chi connectivity index (χ0n) is 11.5. The first-order valence-electron chi connectivity index (χ1n) is 6.74. The van der Waals surface area contributed by atoms with Crippen LogP contribution in [0.2, 0.25) is 0 Å². The molecule has 0 aromatic carbocycles. The minimum Gasteiger partial charge on any atom is -0.353 e. The standard InChI is InChI=1S/C15H22N2O/c1-4-7-12(2)15(18)17-11-6-9-14(17)13-8-5-10-16(13)3/h5,7-8,10,14H,4,6,9,11H2,1-3H3/b12-7+/t14-/m0/s1. The molecule has 1 saturated heterocycles. The molecule has 3 nitrogen and oxygen atoms in total. The predicted molar refractivity (Wildman–Crippen MR) is 73.1 cm³/mol. The summed E-state index contributed by atoms with van der Waals surface area (Å²) in [5, 5.41) is 0. The average Bonchev–Trinajstić information content (AvgIpc) is 2.96. The van der Waals surface area contributed by atoms with Gasteiger partial charge in [-0.3, -0.25) is 4.79 Å². The smallest absolute Gasteiger partial charge is 0.249 e. The minimum atomic E-state index is 0.195. The van der Waals surface area contributed by atoms with Crippen LogP contribution in [0.4, 0.5) is 0 Å². The highest BCUT2D eigenvalue weighted by Crippen LogP contribution is 2.32. The molecule has 98 valence electrons. The van der Waals surface area contributed by atoms with E-state index in [-0.39, 0.29) is 11.9 Å². The van der Waals surface area contributed by atoms with E-state index in [9.17, 15) is 4.79 Å². The second-order valence-corrected chi connectivity index (χ2v) is 5.00. The SMILES string of the molecule is CC/C=C(\C)C(=O)N1CCC[C@H]1c1cccn1C. The lowest BCUT2D eigenvalue weighted by atomic mass is 10.1. The first-order valence-corrected chi connectivity index (χ1v) is 6.74. The van der Waals surface area contributed by atoms with Crippen LogP contribution in [0.25, 0.3) is 0 Å². The van der Waals surface area contributed by atoms with Crippen LogP contribution in [0, 0.1) is 0 Å². The van der Waals surface area contributed by atoms with Gasteiger partial charge in [-0.25, -0.2) is 0 Å². The van der Waals surface area contributed by atoms with Crippen molar-refractivity contribution in [2.75, 3.05) is 6.54 Å². The number of hydrogen-bond acceptors (Lipinski definition) is 1. The van der Waals surface area contributed by atoms with E-state index >= 15 is 0 Å². The maximum absolute atomic E-state index is 12.4. The van der Waals surface area contributed by atoms with Crippen LogP contribution in [0.3, 0.4) is 0 Å². The number of allylic oxidation sites excluding steroid dienone is 1. The molecule has 0 radical (unpaired) electrons. The Morgan fingerprint density at radius 2 is 2.33 bits per heavy atom. The van der Waals surface area contributed by atoms with Crippen LogP contribution in [0.5, 0.6) is 0 Å². The molecule has 1 atom stereocenters. The van der Waals surface area contributed by atoms with Gasteiger partial charge >= 0.3 is 0 Å². The molecule has 1 fully saturated rings. The fourth-order valence-corrected chi connectivity index (χ4v) is 2.76. The topological polar surface area (TPSA) is 25.2 Å². The Kier molecular flexibility index (Phi) is 3.90. The maximum atomic E-state index is 12.4.